The van der Waals surface area contributed by atoms with E-state index in [-0.39, 0.29) is 5.41 Å². The molecule has 0 spiro atoms. The van der Waals surface area contributed by atoms with Crippen molar-refractivity contribution in [1.82, 2.24) is 10.2 Å². The molecular formula is C21H31N3O2S. The molecule has 0 atom stereocenters. The molecule has 148 valence electrons. The van der Waals surface area contributed by atoms with Crippen LogP contribution in [0.5, 0.6) is 11.5 Å². The maximum absolute atomic E-state index is 5.39. The van der Waals surface area contributed by atoms with Crippen molar-refractivity contribution in [2.24, 2.45) is 4.99 Å². The average molecular weight is 390 g/mol. The molecule has 1 aromatic heterocycles. The van der Waals surface area contributed by atoms with E-state index in [9.17, 15) is 0 Å². The van der Waals surface area contributed by atoms with Gasteiger partial charge in [0.15, 0.2) is 17.5 Å². The van der Waals surface area contributed by atoms with E-state index < -0.39 is 0 Å². The van der Waals surface area contributed by atoms with Crippen molar-refractivity contribution in [3.8, 4) is 11.5 Å². The van der Waals surface area contributed by atoms with Crippen LogP contribution in [0.15, 0.2) is 40.7 Å². The number of guanidine groups is 1. The van der Waals surface area contributed by atoms with Gasteiger partial charge in [-0.1, -0.05) is 26.0 Å². The highest BCUT2D eigenvalue weighted by atomic mass is 32.1. The van der Waals surface area contributed by atoms with E-state index in [1.807, 2.05) is 19.2 Å². The Morgan fingerprint density at radius 2 is 1.93 bits per heavy atom. The lowest BCUT2D eigenvalue weighted by molar-refractivity contribution is 0.354. The summed E-state index contributed by atoms with van der Waals surface area (Å²) in [6, 6.07) is 10.3. The first-order chi connectivity index (χ1) is 12.9. The van der Waals surface area contributed by atoms with E-state index in [1.165, 1.54) is 10.4 Å². The third-order valence-electron chi connectivity index (χ3n) is 4.63. The Bertz CT molecular complexity index is 742. The molecule has 2 aromatic rings. The minimum atomic E-state index is 0.0638. The molecule has 0 unspecified atom stereocenters. The van der Waals surface area contributed by atoms with Crippen molar-refractivity contribution in [3.63, 3.8) is 0 Å². The summed E-state index contributed by atoms with van der Waals surface area (Å²) in [6.07, 6.45) is 0.895. The number of thiophene rings is 1. The first-order valence-corrected chi connectivity index (χ1v) is 9.96. The fourth-order valence-electron chi connectivity index (χ4n) is 2.87. The number of nitrogens with zero attached hydrogens (tertiary/aromatic N) is 2. The van der Waals surface area contributed by atoms with Crippen LogP contribution in [0.25, 0.3) is 0 Å². The summed E-state index contributed by atoms with van der Waals surface area (Å²) >= 11 is 1.80. The Morgan fingerprint density at radius 1 is 1.19 bits per heavy atom. The molecule has 0 saturated carbocycles. The number of aliphatic imine (C=N–C) groups is 1. The lowest BCUT2D eigenvalue weighted by atomic mass is 9.91. The quantitative estimate of drug-likeness (QED) is 0.551. The van der Waals surface area contributed by atoms with Gasteiger partial charge in [0.05, 0.1) is 14.2 Å². The summed E-state index contributed by atoms with van der Waals surface area (Å²) < 4.78 is 10.7. The Hall–Kier alpha value is -2.21. The number of hydrogen-bond donors (Lipinski definition) is 1. The third kappa shape index (κ3) is 5.63. The van der Waals surface area contributed by atoms with Crippen molar-refractivity contribution < 1.29 is 9.47 Å². The van der Waals surface area contributed by atoms with Gasteiger partial charge in [-0.2, -0.15) is 0 Å². The number of benzene rings is 1. The Morgan fingerprint density at radius 3 is 2.52 bits per heavy atom. The number of methoxy groups -OCH3 is 2. The molecule has 0 fully saturated rings. The lowest BCUT2D eigenvalue weighted by Crippen LogP contribution is -2.44. The molecule has 0 amide bonds. The van der Waals surface area contributed by atoms with Gasteiger partial charge in [0.2, 0.25) is 0 Å². The zero-order valence-corrected chi connectivity index (χ0v) is 18.0. The molecule has 27 heavy (non-hydrogen) atoms. The van der Waals surface area contributed by atoms with Crippen molar-refractivity contribution >= 4 is 17.3 Å². The molecule has 0 bridgehead atoms. The van der Waals surface area contributed by atoms with Gasteiger partial charge in [0.25, 0.3) is 0 Å². The minimum Gasteiger partial charge on any atom is -0.493 e. The molecule has 0 saturated heterocycles. The molecule has 0 radical (unpaired) electrons. The van der Waals surface area contributed by atoms with Gasteiger partial charge in [0, 0.05) is 37.5 Å². The van der Waals surface area contributed by atoms with Gasteiger partial charge in [-0.3, -0.25) is 4.99 Å². The van der Waals surface area contributed by atoms with Crippen LogP contribution in [0.2, 0.25) is 0 Å². The van der Waals surface area contributed by atoms with Crippen LogP contribution in [0, 0.1) is 0 Å². The zero-order valence-electron chi connectivity index (χ0n) is 17.2. The maximum atomic E-state index is 5.39. The maximum Gasteiger partial charge on any atom is 0.193 e. The van der Waals surface area contributed by atoms with Gasteiger partial charge < -0.3 is 19.7 Å². The first kappa shape index (κ1) is 21.1. The van der Waals surface area contributed by atoms with Gasteiger partial charge in [-0.25, -0.2) is 0 Å². The predicted octanol–water partition coefficient (Wildman–Crippen LogP) is 3.79. The summed E-state index contributed by atoms with van der Waals surface area (Å²) in [6.45, 7) is 6.20. The molecule has 1 N–H and O–H groups in total. The van der Waals surface area contributed by atoms with Gasteiger partial charge >= 0.3 is 0 Å². The lowest BCUT2D eigenvalue weighted by Gasteiger charge is -2.28. The van der Waals surface area contributed by atoms with Crippen LogP contribution in [-0.4, -0.2) is 52.3 Å². The number of hydrogen-bond acceptors (Lipinski definition) is 4. The highest BCUT2D eigenvalue weighted by Gasteiger charge is 2.22. The molecule has 6 heteroatoms. The molecule has 0 aliphatic rings. The minimum absolute atomic E-state index is 0.0638. The Labute approximate surface area is 167 Å². The smallest absolute Gasteiger partial charge is 0.193 e. The third-order valence-corrected chi connectivity index (χ3v) is 5.87. The second-order valence-corrected chi connectivity index (χ2v) is 8.07. The fourth-order valence-corrected chi connectivity index (χ4v) is 3.73. The standard InChI is InChI=1S/C21H31N3O2S/c1-21(2,19-8-7-13-27-19)15-23-20(22-3)24(4)12-11-16-9-10-17(25-5)18(14-16)26-6/h7-10,13-14H,11-12,15H2,1-6H3,(H,22,23). The van der Waals surface area contributed by atoms with E-state index in [4.69, 9.17) is 9.47 Å². The van der Waals surface area contributed by atoms with Gasteiger partial charge in [0.1, 0.15) is 0 Å². The highest BCUT2D eigenvalue weighted by Crippen LogP contribution is 2.28. The highest BCUT2D eigenvalue weighted by molar-refractivity contribution is 7.10. The number of likely N-dealkylation sites (N-methyl/N-ethyl adjacent to an activating group) is 1. The number of nitrogens with one attached hydrogen (secondary N) is 1. The molecule has 1 aromatic carbocycles. The van der Waals surface area contributed by atoms with Gasteiger partial charge in [-0.05, 0) is 35.6 Å². The van der Waals surface area contributed by atoms with Crippen molar-refractivity contribution in [1.29, 1.82) is 0 Å². The van der Waals surface area contributed by atoms with E-state index >= 15 is 0 Å². The van der Waals surface area contributed by atoms with E-state index in [0.717, 1.165) is 37.0 Å². The average Bonchev–Trinajstić information content (AvgIpc) is 3.22. The number of rotatable bonds is 8. The van der Waals surface area contributed by atoms with Crippen LogP contribution in [-0.2, 0) is 11.8 Å². The summed E-state index contributed by atoms with van der Waals surface area (Å²) in [5.74, 6) is 2.42. The molecule has 5 nitrogen and oxygen atoms in total. The monoisotopic (exact) mass is 389 g/mol. The van der Waals surface area contributed by atoms with E-state index in [0.29, 0.717) is 0 Å². The topological polar surface area (TPSA) is 46.1 Å². The summed E-state index contributed by atoms with van der Waals surface area (Å²) in [5.41, 5.74) is 1.27. The van der Waals surface area contributed by atoms with E-state index in [1.54, 1.807) is 25.6 Å². The van der Waals surface area contributed by atoms with Crippen molar-refractivity contribution in [2.45, 2.75) is 25.7 Å². The zero-order chi connectivity index (χ0) is 19.9. The molecular weight excluding hydrogens is 358 g/mol. The largest absolute Gasteiger partial charge is 0.493 e. The van der Waals surface area contributed by atoms with Crippen molar-refractivity contribution in [3.05, 3.63) is 46.2 Å². The number of ether oxygens (including phenoxy) is 2. The van der Waals surface area contributed by atoms with E-state index in [2.05, 4.69) is 59.7 Å². The molecule has 2 rings (SSSR count). The summed E-state index contributed by atoms with van der Waals surface area (Å²) in [7, 11) is 7.20. The van der Waals surface area contributed by atoms with Crippen LogP contribution in [0.1, 0.15) is 24.3 Å². The second-order valence-electron chi connectivity index (χ2n) is 7.12. The predicted molar refractivity (Wildman–Crippen MR) is 115 cm³/mol. The summed E-state index contributed by atoms with van der Waals surface area (Å²) in [5, 5.41) is 5.64. The summed E-state index contributed by atoms with van der Waals surface area (Å²) in [4.78, 5) is 7.96. The fraction of sp³-hybridized carbons (Fsp3) is 0.476. The normalized spacial score (nSPS) is 12.0. The van der Waals surface area contributed by atoms with Crippen LogP contribution < -0.4 is 14.8 Å². The molecule has 0 aliphatic heterocycles. The van der Waals surface area contributed by atoms with Crippen LogP contribution in [0.3, 0.4) is 0 Å². The Kier molecular flexibility index (Phi) is 7.54. The van der Waals surface area contributed by atoms with Crippen LogP contribution in [0.4, 0.5) is 0 Å². The van der Waals surface area contributed by atoms with Crippen LogP contribution >= 0.6 is 11.3 Å². The first-order valence-electron chi connectivity index (χ1n) is 9.08. The van der Waals surface area contributed by atoms with Crippen molar-refractivity contribution in [2.75, 3.05) is 41.4 Å². The second kappa shape index (κ2) is 9.65. The Balaban J connectivity index is 1.92. The molecule has 0 aliphatic carbocycles. The SMILES string of the molecule is CN=C(NCC(C)(C)c1cccs1)N(C)CCc1ccc(OC)c(OC)c1. The molecule has 1 heterocycles. The van der Waals surface area contributed by atoms with Gasteiger partial charge in [-0.15, -0.1) is 11.3 Å².